The van der Waals surface area contributed by atoms with Crippen LogP contribution in [0.3, 0.4) is 0 Å². The lowest BCUT2D eigenvalue weighted by molar-refractivity contribution is 0.0315. The van der Waals surface area contributed by atoms with Gasteiger partial charge in [-0.25, -0.2) is 0 Å². The Bertz CT molecular complexity index is 417. The first-order chi connectivity index (χ1) is 9.65. The summed E-state index contributed by atoms with van der Waals surface area (Å²) in [6.45, 7) is 8.60. The zero-order chi connectivity index (χ0) is 14.4. The molecule has 1 atom stereocenters. The second-order valence-corrected chi connectivity index (χ2v) is 6.60. The van der Waals surface area contributed by atoms with Crippen LogP contribution in [0.25, 0.3) is 0 Å². The van der Waals surface area contributed by atoms with E-state index in [0.29, 0.717) is 12.5 Å². The normalized spacial score (nSPS) is 18.9. The molecule has 0 amide bonds. The van der Waals surface area contributed by atoms with Crippen molar-refractivity contribution in [1.82, 2.24) is 5.32 Å². The van der Waals surface area contributed by atoms with Crippen molar-refractivity contribution >= 4 is 15.9 Å². The van der Waals surface area contributed by atoms with E-state index in [1.807, 2.05) is 0 Å². The van der Waals surface area contributed by atoms with Crippen molar-refractivity contribution in [2.45, 2.75) is 39.5 Å². The SMILES string of the molecule is CC(C)CNCc1ccc(COC2CCOC2)c(Br)c1. The summed E-state index contributed by atoms with van der Waals surface area (Å²) in [5.74, 6) is 0.680. The fourth-order valence-corrected chi connectivity index (χ4v) is 2.72. The van der Waals surface area contributed by atoms with Crippen molar-refractivity contribution in [3.05, 3.63) is 33.8 Å². The van der Waals surface area contributed by atoms with Gasteiger partial charge in [0, 0.05) is 17.6 Å². The lowest BCUT2D eigenvalue weighted by Gasteiger charge is -2.12. The van der Waals surface area contributed by atoms with Crippen molar-refractivity contribution < 1.29 is 9.47 Å². The van der Waals surface area contributed by atoms with Gasteiger partial charge >= 0.3 is 0 Å². The summed E-state index contributed by atoms with van der Waals surface area (Å²) >= 11 is 3.64. The van der Waals surface area contributed by atoms with Gasteiger partial charge in [0.25, 0.3) is 0 Å². The Labute approximate surface area is 130 Å². The average molecular weight is 342 g/mol. The topological polar surface area (TPSA) is 30.5 Å². The lowest BCUT2D eigenvalue weighted by atomic mass is 10.1. The highest BCUT2D eigenvalue weighted by molar-refractivity contribution is 9.10. The Hall–Kier alpha value is -0.420. The first kappa shape index (κ1) is 16.0. The Morgan fingerprint density at radius 3 is 2.95 bits per heavy atom. The largest absolute Gasteiger partial charge is 0.379 e. The molecule has 1 aromatic rings. The Morgan fingerprint density at radius 1 is 1.45 bits per heavy atom. The third-order valence-corrected chi connectivity index (χ3v) is 4.10. The number of halogens is 1. The molecular weight excluding hydrogens is 318 g/mol. The van der Waals surface area contributed by atoms with Gasteiger partial charge in [-0.3, -0.25) is 0 Å². The minimum Gasteiger partial charge on any atom is -0.379 e. The molecule has 4 heteroatoms. The number of hydrogen-bond donors (Lipinski definition) is 1. The number of rotatable bonds is 7. The van der Waals surface area contributed by atoms with Crippen molar-refractivity contribution in [2.75, 3.05) is 19.8 Å². The average Bonchev–Trinajstić information content (AvgIpc) is 2.90. The van der Waals surface area contributed by atoms with Crippen LogP contribution in [-0.4, -0.2) is 25.9 Å². The highest BCUT2D eigenvalue weighted by Crippen LogP contribution is 2.21. The Kier molecular flexibility index (Phi) is 6.49. The van der Waals surface area contributed by atoms with Gasteiger partial charge in [0.15, 0.2) is 0 Å². The van der Waals surface area contributed by atoms with Crippen LogP contribution in [0.1, 0.15) is 31.4 Å². The molecule has 2 rings (SSSR count). The summed E-state index contributed by atoms with van der Waals surface area (Å²) in [7, 11) is 0. The van der Waals surface area contributed by atoms with E-state index in [9.17, 15) is 0 Å². The van der Waals surface area contributed by atoms with Crippen LogP contribution < -0.4 is 5.32 Å². The van der Waals surface area contributed by atoms with Gasteiger partial charge in [0.05, 0.1) is 19.3 Å². The molecule has 1 aliphatic rings. The molecule has 1 aliphatic heterocycles. The molecule has 0 spiro atoms. The number of nitrogens with one attached hydrogen (secondary N) is 1. The predicted octanol–water partition coefficient (Wildman–Crippen LogP) is 3.50. The molecule has 0 aliphatic carbocycles. The molecule has 1 saturated heterocycles. The zero-order valence-electron chi connectivity index (χ0n) is 12.3. The smallest absolute Gasteiger partial charge is 0.0835 e. The minimum absolute atomic E-state index is 0.259. The summed E-state index contributed by atoms with van der Waals surface area (Å²) in [4.78, 5) is 0. The van der Waals surface area contributed by atoms with Crippen LogP contribution in [0.4, 0.5) is 0 Å². The lowest BCUT2D eigenvalue weighted by Crippen LogP contribution is -2.19. The van der Waals surface area contributed by atoms with Gasteiger partial charge < -0.3 is 14.8 Å². The summed E-state index contributed by atoms with van der Waals surface area (Å²) in [5, 5.41) is 3.46. The van der Waals surface area contributed by atoms with E-state index in [-0.39, 0.29) is 6.10 Å². The van der Waals surface area contributed by atoms with Gasteiger partial charge in [-0.2, -0.15) is 0 Å². The molecule has 20 heavy (non-hydrogen) atoms. The highest BCUT2D eigenvalue weighted by Gasteiger charge is 2.16. The molecule has 0 bridgehead atoms. The third kappa shape index (κ3) is 5.17. The van der Waals surface area contributed by atoms with Gasteiger partial charge in [0.1, 0.15) is 0 Å². The summed E-state index contributed by atoms with van der Waals surface area (Å²) in [6, 6.07) is 6.49. The first-order valence-corrected chi connectivity index (χ1v) is 8.12. The molecule has 112 valence electrons. The van der Waals surface area contributed by atoms with Gasteiger partial charge in [0.2, 0.25) is 0 Å². The van der Waals surface area contributed by atoms with Crippen molar-refractivity contribution in [3.8, 4) is 0 Å². The molecule has 3 nitrogen and oxygen atoms in total. The van der Waals surface area contributed by atoms with Crippen LogP contribution in [0, 0.1) is 5.92 Å². The van der Waals surface area contributed by atoms with Crippen molar-refractivity contribution in [3.63, 3.8) is 0 Å². The van der Waals surface area contributed by atoms with E-state index >= 15 is 0 Å². The number of benzene rings is 1. The molecule has 0 radical (unpaired) electrons. The van der Waals surface area contributed by atoms with Gasteiger partial charge in [-0.05, 0) is 36.1 Å². The maximum atomic E-state index is 5.85. The third-order valence-electron chi connectivity index (χ3n) is 3.36. The molecular formula is C16H24BrNO2. The van der Waals surface area contributed by atoms with E-state index in [1.165, 1.54) is 11.1 Å². The number of hydrogen-bond acceptors (Lipinski definition) is 3. The van der Waals surface area contributed by atoms with Crippen LogP contribution >= 0.6 is 15.9 Å². The van der Waals surface area contributed by atoms with E-state index in [4.69, 9.17) is 9.47 Å². The summed E-state index contributed by atoms with van der Waals surface area (Å²) in [5.41, 5.74) is 2.50. The number of ether oxygens (including phenoxy) is 2. The molecule has 0 saturated carbocycles. The zero-order valence-corrected chi connectivity index (χ0v) is 13.9. The van der Waals surface area contributed by atoms with E-state index in [2.05, 4.69) is 53.3 Å². The summed E-state index contributed by atoms with van der Waals surface area (Å²) < 4.78 is 12.3. The standard InChI is InChI=1S/C16H24BrNO2/c1-12(2)8-18-9-13-3-4-14(16(17)7-13)10-20-15-5-6-19-11-15/h3-4,7,12,15,18H,5-6,8-11H2,1-2H3. The highest BCUT2D eigenvalue weighted by atomic mass is 79.9. The Morgan fingerprint density at radius 2 is 2.30 bits per heavy atom. The quantitative estimate of drug-likeness (QED) is 0.823. The molecule has 0 aromatic heterocycles. The minimum atomic E-state index is 0.259. The fraction of sp³-hybridized carbons (Fsp3) is 0.625. The molecule has 1 fully saturated rings. The molecule has 1 unspecified atom stereocenters. The molecule has 1 N–H and O–H groups in total. The monoisotopic (exact) mass is 341 g/mol. The maximum Gasteiger partial charge on any atom is 0.0835 e. The van der Waals surface area contributed by atoms with Crippen LogP contribution in [-0.2, 0) is 22.6 Å². The van der Waals surface area contributed by atoms with Gasteiger partial charge in [-0.15, -0.1) is 0 Å². The molecule has 1 aromatic carbocycles. The van der Waals surface area contributed by atoms with Crippen LogP contribution in [0.15, 0.2) is 22.7 Å². The molecule has 1 heterocycles. The van der Waals surface area contributed by atoms with Gasteiger partial charge in [-0.1, -0.05) is 41.9 Å². The predicted molar refractivity (Wildman–Crippen MR) is 84.7 cm³/mol. The first-order valence-electron chi connectivity index (χ1n) is 7.32. The van der Waals surface area contributed by atoms with E-state index < -0.39 is 0 Å². The summed E-state index contributed by atoms with van der Waals surface area (Å²) in [6.07, 6.45) is 1.27. The fourth-order valence-electron chi connectivity index (χ4n) is 2.17. The maximum absolute atomic E-state index is 5.85. The Balaban J connectivity index is 1.81. The second kappa shape index (κ2) is 8.13. The van der Waals surface area contributed by atoms with Crippen molar-refractivity contribution in [1.29, 1.82) is 0 Å². The van der Waals surface area contributed by atoms with Crippen LogP contribution in [0.2, 0.25) is 0 Å². The van der Waals surface area contributed by atoms with Crippen molar-refractivity contribution in [2.24, 2.45) is 5.92 Å². The van der Waals surface area contributed by atoms with Crippen LogP contribution in [0.5, 0.6) is 0 Å². The second-order valence-electron chi connectivity index (χ2n) is 5.75. The van der Waals surface area contributed by atoms with E-state index in [0.717, 1.165) is 37.2 Å². The van der Waals surface area contributed by atoms with E-state index in [1.54, 1.807) is 0 Å².